The minimum atomic E-state index is -0.138. The van der Waals surface area contributed by atoms with E-state index < -0.39 is 0 Å². The molecule has 2 rings (SSSR count). The predicted molar refractivity (Wildman–Crippen MR) is 75.6 cm³/mol. The summed E-state index contributed by atoms with van der Waals surface area (Å²) in [5.41, 5.74) is 2.93. The van der Waals surface area contributed by atoms with E-state index in [0.29, 0.717) is 6.29 Å². The summed E-state index contributed by atoms with van der Waals surface area (Å²) < 4.78 is 5.08. The highest BCUT2D eigenvalue weighted by Crippen LogP contribution is 2.34. The smallest absolute Gasteiger partial charge is 0.168 e. The van der Waals surface area contributed by atoms with Crippen LogP contribution in [0.4, 0.5) is 0 Å². The molecule has 3 heteroatoms. The summed E-state index contributed by atoms with van der Waals surface area (Å²) in [4.78, 5) is 11.0. The lowest BCUT2D eigenvalue weighted by Gasteiger charge is -2.10. The second kappa shape index (κ2) is 5.40. The number of ether oxygens (including phenoxy) is 1. The summed E-state index contributed by atoms with van der Waals surface area (Å²) in [6, 6.07) is 11.1. The molecule has 1 N–H and O–H groups in total. The predicted octanol–water partition coefficient (Wildman–Crippen LogP) is 3.52. The van der Waals surface area contributed by atoms with E-state index in [4.69, 9.17) is 4.74 Å². The van der Waals surface area contributed by atoms with Crippen LogP contribution in [0.5, 0.6) is 11.5 Å². The molecule has 0 saturated heterocycles. The lowest BCUT2D eigenvalue weighted by Crippen LogP contribution is -1.91. The molecule has 0 aliphatic heterocycles. The second-order valence-electron chi connectivity index (χ2n) is 4.06. The molecule has 0 aliphatic rings. The van der Waals surface area contributed by atoms with Gasteiger partial charge in [-0.3, -0.25) is 4.79 Å². The highest BCUT2D eigenvalue weighted by Gasteiger charge is 2.11. The molecule has 0 spiro atoms. The fraction of sp³-hybridized carbons (Fsp3) is 0.0625. The summed E-state index contributed by atoms with van der Waals surface area (Å²) in [6.07, 6.45) is 2.36. The zero-order valence-electron chi connectivity index (χ0n) is 10.6. The molecule has 0 aromatic heterocycles. The Morgan fingerprint density at radius 1 is 1.21 bits per heavy atom. The van der Waals surface area contributed by atoms with Crippen molar-refractivity contribution in [3.63, 3.8) is 0 Å². The number of rotatable bonds is 4. The number of methoxy groups -OCH3 is 1. The third kappa shape index (κ3) is 2.50. The number of phenolic OH excluding ortho intramolecular Hbond substituents is 1. The van der Waals surface area contributed by atoms with E-state index in [2.05, 4.69) is 6.58 Å². The van der Waals surface area contributed by atoms with Gasteiger partial charge in [0.2, 0.25) is 0 Å². The number of hydrogen-bond acceptors (Lipinski definition) is 3. The van der Waals surface area contributed by atoms with Crippen molar-refractivity contribution < 1.29 is 14.6 Å². The normalized spacial score (nSPS) is 9.95. The van der Waals surface area contributed by atoms with Crippen LogP contribution in [0.1, 0.15) is 15.9 Å². The van der Waals surface area contributed by atoms with Gasteiger partial charge in [-0.25, -0.2) is 0 Å². The SMILES string of the molecule is C=Cc1cccc(-c2cc(C=O)c(O)c(OC)c2)c1. The first-order valence-electron chi connectivity index (χ1n) is 5.78. The molecule has 0 amide bonds. The summed E-state index contributed by atoms with van der Waals surface area (Å²) in [5.74, 6) is 0.143. The van der Waals surface area contributed by atoms with Crippen molar-refractivity contribution in [2.45, 2.75) is 0 Å². The van der Waals surface area contributed by atoms with Crippen LogP contribution in [-0.4, -0.2) is 18.5 Å². The first-order chi connectivity index (χ1) is 9.19. The average Bonchev–Trinajstić information content (AvgIpc) is 2.47. The lowest BCUT2D eigenvalue weighted by molar-refractivity contribution is 0.112. The molecule has 2 aromatic carbocycles. The van der Waals surface area contributed by atoms with Crippen molar-refractivity contribution in [1.29, 1.82) is 0 Å². The Labute approximate surface area is 111 Å². The van der Waals surface area contributed by atoms with Gasteiger partial charge in [0.15, 0.2) is 17.8 Å². The van der Waals surface area contributed by atoms with Gasteiger partial charge >= 0.3 is 0 Å². The van der Waals surface area contributed by atoms with Crippen molar-refractivity contribution in [3.05, 3.63) is 54.1 Å². The Morgan fingerprint density at radius 2 is 2.00 bits per heavy atom. The molecule has 3 nitrogen and oxygen atoms in total. The lowest BCUT2D eigenvalue weighted by atomic mass is 10.0. The van der Waals surface area contributed by atoms with Gasteiger partial charge in [-0.1, -0.05) is 30.9 Å². The maximum Gasteiger partial charge on any atom is 0.168 e. The molecule has 2 aromatic rings. The van der Waals surface area contributed by atoms with Gasteiger partial charge in [-0.15, -0.1) is 0 Å². The molecule has 0 unspecified atom stereocenters. The number of hydrogen-bond donors (Lipinski definition) is 1. The fourth-order valence-electron chi connectivity index (χ4n) is 1.89. The molecule has 0 fully saturated rings. The van der Waals surface area contributed by atoms with Crippen LogP contribution in [0.2, 0.25) is 0 Å². The van der Waals surface area contributed by atoms with E-state index in [1.807, 2.05) is 24.3 Å². The number of aromatic hydroxyl groups is 1. The first kappa shape index (κ1) is 12.9. The van der Waals surface area contributed by atoms with Gasteiger partial charge in [0.05, 0.1) is 12.7 Å². The summed E-state index contributed by atoms with van der Waals surface area (Å²) >= 11 is 0. The van der Waals surface area contributed by atoms with Gasteiger partial charge in [0.1, 0.15) is 0 Å². The van der Waals surface area contributed by atoms with E-state index in [-0.39, 0.29) is 17.1 Å². The van der Waals surface area contributed by atoms with Crippen LogP contribution in [0.15, 0.2) is 43.0 Å². The van der Waals surface area contributed by atoms with E-state index in [0.717, 1.165) is 16.7 Å². The summed E-state index contributed by atoms with van der Waals surface area (Å²) in [7, 11) is 1.45. The van der Waals surface area contributed by atoms with Crippen LogP contribution in [-0.2, 0) is 0 Å². The van der Waals surface area contributed by atoms with Crippen molar-refractivity contribution in [2.75, 3.05) is 7.11 Å². The second-order valence-corrected chi connectivity index (χ2v) is 4.06. The number of carbonyl (C=O) groups is 1. The summed E-state index contributed by atoms with van der Waals surface area (Å²) in [6.45, 7) is 3.73. The molecule has 96 valence electrons. The Morgan fingerprint density at radius 3 is 2.63 bits per heavy atom. The van der Waals surface area contributed by atoms with Gasteiger partial charge in [0.25, 0.3) is 0 Å². The van der Waals surface area contributed by atoms with Crippen molar-refractivity contribution in [3.8, 4) is 22.6 Å². The van der Waals surface area contributed by atoms with Crippen LogP contribution in [0.25, 0.3) is 17.2 Å². The van der Waals surface area contributed by atoms with E-state index in [1.165, 1.54) is 7.11 Å². The highest BCUT2D eigenvalue weighted by molar-refractivity contribution is 5.85. The molecule has 0 heterocycles. The molecule has 19 heavy (non-hydrogen) atoms. The molecule has 0 aliphatic carbocycles. The van der Waals surface area contributed by atoms with E-state index >= 15 is 0 Å². The fourth-order valence-corrected chi connectivity index (χ4v) is 1.89. The molecular formula is C16H14O3. The Bertz CT molecular complexity index is 630. The summed E-state index contributed by atoms with van der Waals surface area (Å²) in [5, 5.41) is 9.79. The number of benzene rings is 2. The Balaban J connectivity index is 2.61. The minimum Gasteiger partial charge on any atom is -0.504 e. The molecular weight excluding hydrogens is 240 g/mol. The number of carbonyl (C=O) groups excluding carboxylic acids is 1. The largest absolute Gasteiger partial charge is 0.504 e. The first-order valence-corrected chi connectivity index (χ1v) is 5.78. The van der Waals surface area contributed by atoms with Gasteiger partial charge < -0.3 is 9.84 Å². The van der Waals surface area contributed by atoms with Gasteiger partial charge in [0, 0.05) is 0 Å². The van der Waals surface area contributed by atoms with Crippen molar-refractivity contribution >= 4 is 12.4 Å². The molecule has 0 saturated carbocycles. The standard InChI is InChI=1S/C16H14O3/c1-3-11-5-4-6-12(7-11)13-8-14(10-17)16(18)15(9-13)19-2/h3-10,18H,1H2,2H3. The third-order valence-electron chi connectivity index (χ3n) is 2.91. The number of aldehydes is 1. The van der Waals surface area contributed by atoms with Crippen molar-refractivity contribution in [2.24, 2.45) is 0 Å². The van der Waals surface area contributed by atoms with Crippen LogP contribution < -0.4 is 4.74 Å². The molecule has 0 atom stereocenters. The maximum absolute atomic E-state index is 11.0. The van der Waals surface area contributed by atoms with E-state index in [9.17, 15) is 9.90 Å². The van der Waals surface area contributed by atoms with E-state index in [1.54, 1.807) is 18.2 Å². The number of phenols is 1. The van der Waals surface area contributed by atoms with Crippen LogP contribution >= 0.6 is 0 Å². The third-order valence-corrected chi connectivity index (χ3v) is 2.91. The minimum absolute atomic E-state index is 0.138. The topological polar surface area (TPSA) is 46.5 Å². The zero-order valence-corrected chi connectivity index (χ0v) is 10.6. The Kier molecular flexibility index (Phi) is 3.66. The molecule has 0 bridgehead atoms. The quantitative estimate of drug-likeness (QED) is 0.849. The highest BCUT2D eigenvalue weighted by atomic mass is 16.5. The average molecular weight is 254 g/mol. The van der Waals surface area contributed by atoms with Gasteiger partial charge in [-0.2, -0.15) is 0 Å². The van der Waals surface area contributed by atoms with Crippen molar-refractivity contribution in [1.82, 2.24) is 0 Å². The van der Waals surface area contributed by atoms with Gasteiger partial charge in [-0.05, 0) is 34.9 Å². The maximum atomic E-state index is 11.0. The monoisotopic (exact) mass is 254 g/mol. The van der Waals surface area contributed by atoms with Crippen LogP contribution in [0, 0.1) is 0 Å². The van der Waals surface area contributed by atoms with Crippen LogP contribution in [0.3, 0.4) is 0 Å². The zero-order chi connectivity index (χ0) is 13.8. The Hall–Kier alpha value is -2.55. The molecule has 0 radical (unpaired) electrons.